The summed E-state index contributed by atoms with van der Waals surface area (Å²) < 4.78 is 1.53. The molecule has 23 heavy (non-hydrogen) atoms. The van der Waals surface area contributed by atoms with Gasteiger partial charge in [-0.3, -0.25) is 9.20 Å². The van der Waals surface area contributed by atoms with Crippen LogP contribution in [0.15, 0.2) is 47.4 Å². The number of aryl methyl sites for hydroxylation is 3. The molecule has 116 valence electrons. The summed E-state index contributed by atoms with van der Waals surface area (Å²) in [6, 6.07) is 11.3. The summed E-state index contributed by atoms with van der Waals surface area (Å²) in [6.07, 6.45) is 3.61. The minimum atomic E-state index is -0.139. The minimum Gasteiger partial charge on any atom is -0.269 e. The van der Waals surface area contributed by atoms with Gasteiger partial charge in [-0.05, 0) is 55.2 Å². The van der Waals surface area contributed by atoms with E-state index in [0.29, 0.717) is 16.4 Å². The smallest absolute Gasteiger partial charge is 0.258 e. The van der Waals surface area contributed by atoms with Crippen LogP contribution in [-0.2, 0) is 0 Å². The van der Waals surface area contributed by atoms with Crippen molar-refractivity contribution in [1.29, 1.82) is 0 Å². The Hall–Kier alpha value is -2.39. The Bertz CT molecular complexity index is 986. The summed E-state index contributed by atoms with van der Waals surface area (Å²) in [5.41, 5.74) is 5.36. The fourth-order valence-corrected chi connectivity index (χ4v) is 2.63. The van der Waals surface area contributed by atoms with E-state index in [-0.39, 0.29) is 5.56 Å². The van der Waals surface area contributed by atoms with Crippen molar-refractivity contribution in [2.45, 2.75) is 20.8 Å². The first-order valence-electron chi connectivity index (χ1n) is 7.39. The SMILES string of the molecule is Cc1ccc2nc(/C(Cl)=C/c3ccc(C)c(C)c3)cc(=O)n2c1. The van der Waals surface area contributed by atoms with Gasteiger partial charge in [0.1, 0.15) is 5.65 Å². The van der Waals surface area contributed by atoms with Crippen LogP contribution in [0.2, 0.25) is 0 Å². The molecule has 0 spiro atoms. The fourth-order valence-electron chi connectivity index (χ4n) is 2.41. The second-order valence-electron chi connectivity index (χ2n) is 5.75. The van der Waals surface area contributed by atoms with E-state index in [4.69, 9.17) is 11.6 Å². The predicted octanol–water partition coefficient (Wildman–Crippen LogP) is 4.36. The molecule has 3 rings (SSSR count). The largest absolute Gasteiger partial charge is 0.269 e. The van der Waals surface area contributed by atoms with E-state index in [2.05, 4.69) is 31.0 Å². The molecule has 0 unspecified atom stereocenters. The molecule has 4 heteroatoms. The monoisotopic (exact) mass is 324 g/mol. The molecule has 0 amide bonds. The Balaban J connectivity index is 2.08. The molecular formula is C19H17ClN2O. The molecule has 3 aromatic rings. The first kappa shape index (κ1) is 15.5. The lowest BCUT2D eigenvalue weighted by atomic mass is 10.1. The molecule has 0 N–H and O–H groups in total. The van der Waals surface area contributed by atoms with Crippen LogP contribution in [0.4, 0.5) is 0 Å². The van der Waals surface area contributed by atoms with Gasteiger partial charge in [0.25, 0.3) is 5.56 Å². The average molecular weight is 325 g/mol. The second-order valence-corrected chi connectivity index (χ2v) is 6.16. The lowest BCUT2D eigenvalue weighted by Crippen LogP contribution is -2.15. The third-order valence-corrected chi connectivity index (χ3v) is 4.18. The molecule has 0 atom stereocenters. The maximum atomic E-state index is 12.2. The molecule has 3 nitrogen and oxygen atoms in total. The van der Waals surface area contributed by atoms with E-state index in [1.807, 2.05) is 31.2 Å². The molecule has 0 saturated carbocycles. The Morgan fingerprint density at radius 2 is 1.87 bits per heavy atom. The standard InChI is InChI=1S/C19H17ClN2O/c1-12-4-7-18-21-17(10-19(23)22(18)11-12)16(20)9-15-6-5-13(2)14(3)8-15/h4-11H,1-3H3/b16-9-. The molecule has 2 aromatic heterocycles. The molecule has 0 aliphatic carbocycles. The summed E-state index contributed by atoms with van der Waals surface area (Å²) in [6.45, 7) is 6.06. The number of benzene rings is 1. The van der Waals surface area contributed by atoms with Crippen LogP contribution in [0.5, 0.6) is 0 Å². The number of aromatic nitrogens is 2. The molecule has 0 radical (unpaired) electrons. The van der Waals surface area contributed by atoms with E-state index in [1.54, 1.807) is 6.20 Å². The van der Waals surface area contributed by atoms with Gasteiger partial charge >= 0.3 is 0 Å². The van der Waals surface area contributed by atoms with Crippen LogP contribution in [0.25, 0.3) is 16.8 Å². The first-order valence-corrected chi connectivity index (χ1v) is 7.77. The number of nitrogens with zero attached hydrogens (tertiary/aromatic N) is 2. The molecule has 0 saturated heterocycles. The summed E-state index contributed by atoms with van der Waals surface area (Å²) in [5.74, 6) is 0. The highest BCUT2D eigenvalue weighted by molar-refractivity contribution is 6.51. The zero-order valence-corrected chi connectivity index (χ0v) is 14.1. The number of pyridine rings is 1. The van der Waals surface area contributed by atoms with E-state index in [9.17, 15) is 4.79 Å². The average Bonchev–Trinajstić information content (AvgIpc) is 2.51. The van der Waals surface area contributed by atoms with Gasteiger partial charge in [0.15, 0.2) is 0 Å². The van der Waals surface area contributed by atoms with Gasteiger partial charge in [0.05, 0.1) is 10.7 Å². The minimum absolute atomic E-state index is 0.139. The maximum Gasteiger partial charge on any atom is 0.258 e. The van der Waals surface area contributed by atoms with Crippen molar-refractivity contribution in [3.8, 4) is 0 Å². The summed E-state index contributed by atoms with van der Waals surface area (Å²) >= 11 is 6.39. The number of rotatable bonds is 2. The van der Waals surface area contributed by atoms with Crippen LogP contribution >= 0.6 is 11.6 Å². The van der Waals surface area contributed by atoms with Crippen molar-refractivity contribution in [2.75, 3.05) is 0 Å². The van der Waals surface area contributed by atoms with Gasteiger partial charge in [-0.2, -0.15) is 0 Å². The summed E-state index contributed by atoms with van der Waals surface area (Å²) in [5, 5.41) is 0.452. The second kappa shape index (κ2) is 6.01. The number of halogens is 1. The lowest BCUT2D eigenvalue weighted by molar-refractivity contribution is 1.02. The van der Waals surface area contributed by atoms with Crippen LogP contribution in [0.1, 0.15) is 27.9 Å². The van der Waals surface area contributed by atoms with Gasteiger partial charge in [0.2, 0.25) is 0 Å². The van der Waals surface area contributed by atoms with Crippen molar-refractivity contribution >= 4 is 28.4 Å². The van der Waals surface area contributed by atoms with Crippen molar-refractivity contribution in [3.63, 3.8) is 0 Å². The van der Waals surface area contributed by atoms with Gasteiger partial charge in [0, 0.05) is 12.3 Å². The van der Waals surface area contributed by atoms with Gasteiger partial charge in [-0.25, -0.2) is 4.98 Å². The highest BCUT2D eigenvalue weighted by Crippen LogP contribution is 2.21. The molecular weight excluding hydrogens is 308 g/mol. The van der Waals surface area contributed by atoms with Crippen LogP contribution in [0, 0.1) is 20.8 Å². The van der Waals surface area contributed by atoms with Crippen molar-refractivity contribution < 1.29 is 0 Å². The normalized spacial score (nSPS) is 11.9. The quantitative estimate of drug-likeness (QED) is 0.702. The zero-order chi connectivity index (χ0) is 16.6. The number of hydrogen-bond acceptors (Lipinski definition) is 2. The summed E-state index contributed by atoms with van der Waals surface area (Å²) in [7, 11) is 0. The van der Waals surface area contributed by atoms with E-state index >= 15 is 0 Å². The fraction of sp³-hybridized carbons (Fsp3) is 0.158. The van der Waals surface area contributed by atoms with Crippen LogP contribution < -0.4 is 5.56 Å². The highest BCUT2D eigenvalue weighted by atomic mass is 35.5. The first-order chi connectivity index (χ1) is 10.9. The third-order valence-electron chi connectivity index (χ3n) is 3.88. The Morgan fingerprint density at radius 1 is 1.09 bits per heavy atom. The highest BCUT2D eigenvalue weighted by Gasteiger charge is 2.06. The van der Waals surface area contributed by atoms with Crippen molar-refractivity contribution in [2.24, 2.45) is 0 Å². The van der Waals surface area contributed by atoms with Crippen LogP contribution in [0.3, 0.4) is 0 Å². The molecule has 1 aromatic carbocycles. The van der Waals surface area contributed by atoms with E-state index in [0.717, 1.165) is 11.1 Å². The Kier molecular flexibility index (Phi) is 4.05. The van der Waals surface area contributed by atoms with E-state index in [1.165, 1.54) is 21.6 Å². The molecule has 0 fully saturated rings. The Labute approximate surface area is 139 Å². The van der Waals surface area contributed by atoms with Gasteiger partial charge in [-0.1, -0.05) is 35.9 Å². The number of hydrogen-bond donors (Lipinski definition) is 0. The lowest BCUT2D eigenvalue weighted by Gasteiger charge is -2.05. The summed E-state index contributed by atoms with van der Waals surface area (Å²) in [4.78, 5) is 16.7. The van der Waals surface area contributed by atoms with Gasteiger partial charge in [-0.15, -0.1) is 0 Å². The van der Waals surface area contributed by atoms with Crippen molar-refractivity contribution in [3.05, 3.63) is 80.9 Å². The number of fused-ring (bicyclic) bond motifs is 1. The molecule has 0 aliphatic rings. The zero-order valence-electron chi connectivity index (χ0n) is 13.3. The van der Waals surface area contributed by atoms with Gasteiger partial charge < -0.3 is 0 Å². The molecule has 2 heterocycles. The third kappa shape index (κ3) is 3.20. The maximum absolute atomic E-state index is 12.2. The van der Waals surface area contributed by atoms with Crippen LogP contribution in [-0.4, -0.2) is 9.38 Å². The van der Waals surface area contributed by atoms with Crippen molar-refractivity contribution in [1.82, 2.24) is 9.38 Å². The molecule has 0 aliphatic heterocycles. The Morgan fingerprint density at radius 3 is 2.61 bits per heavy atom. The predicted molar refractivity (Wildman–Crippen MR) is 95.8 cm³/mol. The van der Waals surface area contributed by atoms with E-state index < -0.39 is 0 Å². The topological polar surface area (TPSA) is 34.4 Å². The molecule has 0 bridgehead atoms.